The molecular weight excluding hydrogens is 540 g/mol. The van der Waals surface area contributed by atoms with Crippen molar-refractivity contribution in [3.63, 3.8) is 0 Å². The van der Waals surface area contributed by atoms with Crippen molar-refractivity contribution in [3.8, 4) is 33.4 Å². The van der Waals surface area contributed by atoms with E-state index in [9.17, 15) is 13.6 Å². The normalized spacial score (nSPS) is 11.4. The van der Waals surface area contributed by atoms with E-state index in [0.717, 1.165) is 29.1 Å². The third-order valence-corrected chi connectivity index (χ3v) is 7.86. The molecule has 6 aromatic rings. The summed E-state index contributed by atoms with van der Waals surface area (Å²) in [6.45, 7) is 2.03. The van der Waals surface area contributed by atoms with Crippen LogP contribution in [-0.4, -0.2) is 15.3 Å². The van der Waals surface area contributed by atoms with E-state index in [0.29, 0.717) is 43.3 Å². The summed E-state index contributed by atoms with van der Waals surface area (Å²) in [4.78, 5) is 18.5. The number of ether oxygens (including phenoxy) is 1. The van der Waals surface area contributed by atoms with Crippen LogP contribution in [0.2, 0.25) is 0 Å². The van der Waals surface area contributed by atoms with E-state index >= 15 is 0 Å². The summed E-state index contributed by atoms with van der Waals surface area (Å²) in [5.74, 6) is -0.00587. The number of aryl methyl sites for hydroxylation is 1. The lowest BCUT2D eigenvalue weighted by atomic mass is 10.0. The second-order valence-electron chi connectivity index (χ2n) is 8.72. The number of nitrogens with one attached hydrogen (secondary N) is 1. The van der Waals surface area contributed by atoms with Crippen LogP contribution >= 0.6 is 23.3 Å². The number of halogens is 2. The molecule has 0 fully saturated rings. The molecule has 0 amide bonds. The van der Waals surface area contributed by atoms with Gasteiger partial charge in [-0.25, -0.2) is 13.8 Å². The van der Waals surface area contributed by atoms with Crippen LogP contribution in [0, 0.1) is 11.6 Å². The molecule has 196 valence electrons. The highest BCUT2D eigenvalue weighted by Crippen LogP contribution is 2.42. The van der Waals surface area contributed by atoms with Crippen LogP contribution in [0.5, 0.6) is 11.5 Å². The number of benzene rings is 3. The monoisotopic (exact) mass is 561 g/mol. The average Bonchev–Trinajstić information content (AvgIpc) is 3.57. The quantitative estimate of drug-likeness (QED) is 0.198. The molecule has 6 rings (SSSR count). The molecule has 0 aliphatic carbocycles. The lowest BCUT2D eigenvalue weighted by molar-refractivity contribution is 0.439. The SMILES string of the molecule is CCSNc1ccc(Oc2ccc(F)cc2F)c(-c2cn(C)c(=O)c3sc(-c4nc5ccccc5o4)cc23)c1. The minimum atomic E-state index is -0.816. The van der Waals surface area contributed by atoms with Gasteiger partial charge in [-0.1, -0.05) is 31.0 Å². The fraction of sp³-hybridized carbons (Fsp3) is 0.103. The number of thiophene rings is 1. The molecule has 0 bridgehead atoms. The Morgan fingerprint density at radius 1 is 1.05 bits per heavy atom. The van der Waals surface area contributed by atoms with Gasteiger partial charge in [-0.15, -0.1) is 11.3 Å². The highest BCUT2D eigenvalue weighted by atomic mass is 32.2. The third kappa shape index (κ3) is 4.77. The molecular formula is C29H21F2N3O3S2. The Morgan fingerprint density at radius 3 is 2.67 bits per heavy atom. The fourth-order valence-corrected chi connectivity index (χ4v) is 5.77. The number of rotatable bonds is 7. The summed E-state index contributed by atoms with van der Waals surface area (Å²) in [7, 11) is 1.68. The Labute approximate surface area is 230 Å². The van der Waals surface area contributed by atoms with E-state index in [-0.39, 0.29) is 11.3 Å². The molecule has 0 spiro atoms. The molecule has 3 aromatic carbocycles. The van der Waals surface area contributed by atoms with Gasteiger partial charge in [-0.3, -0.25) is 4.79 Å². The highest BCUT2D eigenvalue weighted by molar-refractivity contribution is 8.00. The fourth-order valence-electron chi connectivity index (χ4n) is 4.25. The van der Waals surface area contributed by atoms with Crippen molar-refractivity contribution >= 4 is 50.2 Å². The van der Waals surface area contributed by atoms with Gasteiger partial charge in [0.2, 0.25) is 5.89 Å². The van der Waals surface area contributed by atoms with Crippen molar-refractivity contribution in [3.05, 3.63) is 94.9 Å². The molecule has 3 aromatic heterocycles. The predicted octanol–water partition coefficient (Wildman–Crippen LogP) is 8.23. The number of para-hydroxylation sites is 2. The Balaban J connectivity index is 1.54. The minimum Gasteiger partial charge on any atom is -0.454 e. The number of pyridine rings is 1. The first-order valence-electron chi connectivity index (χ1n) is 12.1. The Morgan fingerprint density at radius 2 is 1.87 bits per heavy atom. The van der Waals surface area contributed by atoms with E-state index in [1.54, 1.807) is 19.3 Å². The molecule has 39 heavy (non-hydrogen) atoms. The van der Waals surface area contributed by atoms with Gasteiger partial charge < -0.3 is 18.4 Å². The largest absolute Gasteiger partial charge is 0.454 e. The molecule has 6 nitrogen and oxygen atoms in total. The second kappa shape index (κ2) is 10.2. The lowest BCUT2D eigenvalue weighted by Crippen LogP contribution is -2.15. The Bertz CT molecular complexity index is 1880. The average molecular weight is 562 g/mol. The second-order valence-corrected chi connectivity index (χ2v) is 10.8. The van der Waals surface area contributed by atoms with Gasteiger partial charge in [-0.2, -0.15) is 0 Å². The zero-order chi connectivity index (χ0) is 27.1. The molecule has 0 atom stereocenters. The van der Waals surface area contributed by atoms with Crippen LogP contribution in [0.25, 0.3) is 43.1 Å². The van der Waals surface area contributed by atoms with Gasteiger partial charge in [0.05, 0.1) is 4.88 Å². The van der Waals surface area contributed by atoms with Gasteiger partial charge in [0, 0.05) is 47.3 Å². The summed E-state index contributed by atoms with van der Waals surface area (Å²) in [6, 6.07) is 17.9. The lowest BCUT2D eigenvalue weighted by Gasteiger charge is -2.16. The first-order chi connectivity index (χ1) is 18.9. The van der Waals surface area contributed by atoms with E-state index in [1.807, 2.05) is 49.4 Å². The zero-order valence-electron chi connectivity index (χ0n) is 20.8. The van der Waals surface area contributed by atoms with E-state index in [4.69, 9.17) is 9.15 Å². The van der Waals surface area contributed by atoms with Crippen molar-refractivity contribution in [1.82, 2.24) is 9.55 Å². The van der Waals surface area contributed by atoms with Gasteiger partial charge in [-0.05, 0) is 48.5 Å². The predicted molar refractivity (Wildman–Crippen MR) is 154 cm³/mol. The number of anilines is 1. The van der Waals surface area contributed by atoms with E-state index < -0.39 is 11.6 Å². The molecule has 0 aliphatic rings. The van der Waals surface area contributed by atoms with Crippen molar-refractivity contribution in [1.29, 1.82) is 0 Å². The molecule has 0 aliphatic heterocycles. The number of aromatic nitrogens is 2. The van der Waals surface area contributed by atoms with Crippen LogP contribution in [0.3, 0.4) is 0 Å². The highest BCUT2D eigenvalue weighted by Gasteiger charge is 2.20. The van der Waals surface area contributed by atoms with Gasteiger partial charge in [0.1, 0.15) is 21.8 Å². The van der Waals surface area contributed by atoms with E-state index in [1.165, 1.54) is 33.9 Å². The maximum atomic E-state index is 14.5. The Hall–Kier alpha value is -4.15. The van der Waals surface area contributed by atoms with Crippen LogP contribution < -0.4 is 15.0 Å². The summed E-state index contributed by atoms with van der Waals surface area (Å²) in [5, 5.41) is 0.685. The van der Waals surface area contributed by atoms with Gasteiger partial charge in [0.15, 0.2) is 17.1 Å². The molecule has 0 saturated heterocycles. The molecule has 10 heteroatoms. The van der Waals surface area contributed by atoms with Crippen molar-refractivity contribution in [2.24, 2.45) is 7.05 Å². The molecule has 0 radical (unpaired) electrons. The molecule has 3 heterocycles. The summed E-state index contributed by atoms with van der Waals surface area (Å²) in [6.07, 6.45) is 1.73. The van der Waals surface area contributed by atoms with Gasteiger partial charge in [0.25, 0.3) is 5.56 Å². The van der Waals surface area contributed by atoms with Crippen LogP contribution in [0.1, 0.15) is 6.92 Å². The van der Waals surface area contributed by atoms with Crippen molar-refractivity contribution < 1.29 is 17.9 Å². The summed E-state index contributed by atoms with van der Waals surface area (Å²) in [5.41, 5.74) is 3.35. The van der Waals surface area contributed by atoms with E-state index in [2.05, 4.69) is 9.71 Å². The maximum Gasteiger partial charge on any atom is 0.268 e. The number of hydrogen-bond acceptors (Lipinski definition) is 7. The smallest absolute Gasteiger partial charge is 0.268 e. The first-order valence-corrected chi connectivity index (χ1v) is 13.9. The standard InChI is InChI=1S/C29H21F2N3O3S2/c1-3-38-33-17-9-11-23(36-24-10-8-16(30)12-21(24)31)18(13-17)20-15-34(2)29(35)27-19(20)14-26(39-27)28-32-22-6-4-5-7-25(22)37-28/h4-15,33H,3H2,1-2H3. The zero-order valence-corrected chi connectivity index (χ0v) is 22.5. The number of fused-ring (bicyclic) bond motifs is 2. The Kier molecular flexibility index (Phi) is 6.58. The molecule has 0 unspecified atom stereocenters. The molecule has 0 saturated carbocycles. The third-order valence-electron chi connectivity index (χ3n) is 6.08. The van der Waals surface area contributed by atoms with Crippen LogP contribution in [-0.2, 0) is 7.05 Å². The number of oxazole rings is 1. The number of nitrogens with zero attached hydrogens (tertiary/aromatic N) is 2. The maximum absolute atomic E-state index is 14.5. The number of hydrogen-bond donors (Lipinski definition) is 1. The van der Waals surface area contributed by atoms with Crippen molar-refractivity contribution in [2.75, 3.05) is 10.5 Å². The molecule has 1 N–H and O–H groups in total. The topological polar surface area (TPSA) is 69.3 Å². The van der Waals surface area contributed by atoms with Crippen LogP contribution in [0.15, 0.2) is 82.1 Å². The van der Waals surface area contributed by atoms with Crippen LogP contribution in [0.4, 0.5) is 14.5 Å². The first kappa shape index (κ1) is 25.1. The summed E-state index contributed by atoms with van der Waals surface area (Å²) < 4.78 is 45.3. The minimum absolute atomic E-state index is 0.111. The summed E-state index contributed by atoms with van der Waals surface area (Å²) >= 11 is 2.82. The van der Waals surface area contributed by atoms with Gasteiger partial charge >= 0.3 is 0 Å². The van der Waals surface area contributed by atoms with Crippen molar-refractivity contribution in [2.45, 2.75) is 6.92 Å².